The third-order valence-electron chi connectivity index (χ3n) is 9.38. The van der Waals surface area contributed by atoms with Gasteiger partial charge in [0, 0.05) is 31.0 Å². The number of anilines is 2. The molecule has 322 valence electrons. The second-order valence-electron chi connectivity index (χ2n) is 13.7. The molecule has 2 saturated heterocycles. The molecule has 0 saturated carbocycles. The van der Waals surface area contributed by atoms with Gasteiger partial charge >= 0.3 is 5.97 Å². The normalized spacial score (nSPS) is 13.1. The first-order valence-corrected chi connectivity index (χ1v) is 22.6. The molecule has 0 spiro atoms. The predicted octanol–water partition coefficient (Wildman–Crippen LogP) is 7.64. The quantitative estimate of drug-likeness (QED) is 0.0847. The van der Waals surface area contributed by atoms with Crippen molar-refractivity contribution in [3.05, 3.63) is 143 Å². The number of aromatic nitrogens is 2. The summed E-state index contributed by atoms with van der Waals surface area (Å²) in [6.07, 6.45) is 5.26. The van der Waals surface area contributed by atoms with Crippen LogP contribution in [0.15, 0.2) is 131 Å². The number of likely N-dealkylation sites (tertiary alicyclic amines) is 1. The molecule has 19 heteroatoms. The van der Waals surface area contributed by atoms with E-state index >= 15 is 0 Å². The fourth-order valence-electron chi connectivity index (χ4n) is 5.85. The number of carbonyl (C=O) groups excluding carboxylic acids is 1. The summed E-state index contributed by atoms with van der Waals surface area (Å²) in [5.41, 5.74) is 3.14. The van der Waals surface area contributed by atoms with Crippen LogP contribution >= 0.6 is 23.2 Å². The molecule has 0 unspecified atom stereocenters. The van der Waals surface area contributed by atoms with E-state index in [1.54, 1.807) is 23.1 Å². The summed E-state index contributed by atoms with van der Waals surface area (Å²) in [6.45, 7) is 3.78. The molecule has 1 amide bonds. The Morgan fingerprint density at radius 3 is 1.58 bits per heavy atom. The number of nitrogens with one attached hydrogen (secondary N) is 3. The van der Waals surface area contributed by atoms with Crippen molar-refractivity contribution in [3.8, 4) is 33.8 Å². The lowest BCUT2D eigenvalue weighted by atomic mass is 10.1. The van der Waals surface area contributed by atoms with Gasteiger partial charge in [-0.1, -0.05) is 83.9 Å². The first-order chi connectivity index (χ1) is 29.7. The summed E-state index contributed by atoms with van der Waals surface area (Å²) in [5.74, 6) is -2.28. The van der Waals surface area contributed by atoms with Crippen molar-refractivity contribution in [2.45, 2.75) is 22.6 Å². The fourth-order valence-corrected chi connectivity index (χ4v) is 8.84. The zero-order valence-electron chi connectivity index (χ0n) is 33.0. The standard InChI is InChI=1S/C22H20ClN3O4S.C18H13ClN2O5S.C3H7N/c1-30-21-18(23)12-17(22(27)26-10-5-11-26)13-19(21)31(28,29)25-20-14-16(8-9-24-20)15-6-3-2-4-7-15;19-14-8-13(18(23)24)9-15(17(14)22)27(25,26)21-16-10-12(6-7-20-16)11-4-2-1-3-5-11;1-2-4-3-1/h2-4,6-9,12-14H,5,10-11H2,1H3,(H,24,25);1-10,22H,(H,20,21)(H,23,24);4H,1-3H2. The van der Waals surface area contributed by atoms with E-state index in [1.165, 1.54) is 57.2 Å². The van der Waals surface area contributed by atoms with E-state index in [4.69, 9.17) is 33.0 Å². The van der Waals surface area contributed by atoms with E-state index in [0.717, 1.165) is 40.8 Å². The molecule has 0 aliphatic carbocycles. The minimum atomic E-state index is -4.33. The molecule has 0 atom stereocenters. The molecule has 4 heterocycles. The first-order valence-electron chi connectivity index (χ1n) is 18.9. The molecular formula is C43H40Cl2N6O9S2. The molecule has 4 aromatic carbocycles. The predicted molar refractivity (Wildman–Crippen MR) is 237 cm³/mol. The van der Waals surface area contributed by atoms with Crippen molar-refractivity contribution in [3.63, 3.8) is 0 Å². The number of carbonyl (C=O) groups is 2. The molecular weight excluding hydrogens is 880 g/mol. The summed E-state index contributed by atoms with van der Waals surface area (Å²) >= 11 is 12.0. The number of carboxylic acids is 1. The van der Waals surface area contributed by atoms with Crippen molar-refractivity contribution >= 4 is 66.8 Å². The molecule has 6 aromatic rings. The van der Waals surface area contributed by atoms with Crippen LogP contribution in [0.5, 0.6) is 11.5 Å². The van der Waals surface area contributed by atoms with Gasteiger partial charge < -0.3 is 25.2 Å². The maximum atomic E-state index is 13.2. The molecule has 8 rings (SSSR count). The number of benzene rings is 4. The van der Waals surface area contributed by atoms with Crippen LogP contribution in [0.1, 0.15) is 33.6 Å². The van der Waals surface area contributed by atoms with E-state index in [2.05, 4.69) is 24.7 Å². The number of sulfonamides is 2. The topological polar surface area (TPSA) is 217 Å². The van der Waals surface area contributed by atoms with Gasteiger partial charge in [-0.05, 0) is 96.7 Å². The number of phenolic OH excluding ortho intramolecular Hbond substituents is 1. The largest absolute Gasteiger partial charge is 0.505 e. The minimum absolute atomic E-state index is 0.00704. The SMILES string of the molecule is C1CNC1.COc1c(Cl)cc(C(=O)N2CCC2)cc1S(=O)(=O)Nc1cc(-c2ccccc2)ccn1.O=C(O)c1cc(Cl)c(O)c(S(=O)(=O)Nc2cc(-c3ccccc3)ccn2)c1. The van der Waals surface area contributed by atoms with Gasteiger partial charge in [0.15, 0.2) is 11.5 Å². The molecule has 2 aromatic heterocycles. The Morgan fingerprint density at radius 1 is 0.677 bits per heavy atom. The number of amides is 1. The fraction of sp³-hybridized carbons (Fsp3) is 0.163. The monoisotopic (exact) mass is 918 g/mol. The van der Waals surface area contributed by atoms with Crippen LogP contribution < -0.4 is 19.5 Å². The highest BCUT2D eigenvalue weighted by Gasteiger charge is 2.29. The zero-order valence-corrected chi connectivity index (χ0v) is 36.1. The Hall–Kier alpha value is -6.24. The maximum absolute atomic E-state index is 13.2. The summed E-state index contributed by atoms with van der Waals surface area (Å²) in [4.78, 5) is 32.6. The lowest BCUT2D eigenvalue weighted by Crippen LogP contribution is -2.42. The van der Waals surface area contributed by atoms with Crippen LogP contribution in [0, 0.1) is 0 Å². The lowest BCUT2D eigenvalue weighted by Gasteiger charge is -2.31. The summed E-state index contributed by atoms with van der Waals surface area (Å²) in [5, 5.41) is 21.8. The van der Waals surface area contributed by atoms with Gasteiger partial charge in [-0.3, -0.25) is 14.2 Å². The molecule has 2 fully saturated rings. The highest BCUT2D eigenvalue weighted by Crippen LogP contribution is 2.36. The maximum Gasteiger partial charge on any atom is 0.335 e. The number of nitrogens with zero attached hydrogens (tertiary/aromatic N) is 3. The van der Waals surface area contributed by atoms with Gasteiger partial charge in [0.2, 0.25) is 0 Å². The second kappa shape index (κ2) is 20.1. The third-order valence-corrected chi connectivity index (χ3v) is 12.7. The van der Waals surface area contributed by atoms with Gasteiger partial charge in [-0.2, -0.15) is 0 Å². The van der Waals surface area contributed by atoms with Crippen LogP contribution in [0.4, 0.5) is 11.6 Å². The summed E-state index contributed by atoms with van der Waals surface area (Å²) < 4.78 is 61.6. The van der Waals surface area contributed by atoms with Gasteiger partial charge in [0.1, 0.15) is 21.4 Å². The van der Waals surface area contributed by atoms with E-state index in [-0.39, 0.29) is 49.4 Å². The summed E-state index contributed by atoms with van der Waals surface area (Å²) in [7, 11) is -7.15. The third kappa shape index (κ3) is 11.2. The van der Waals surface area contributed by atoms with Crippen LogP contribution in [-0.2, 0) is 20.0 Å². The van der Waals surface area contributed by atoms with E-state index in [1.807, 2.05) is 60.7 Å². The number of carboxylic acid groups (broad SMARTS) is 1. The van der Waals surface area contributed by atoms with Crippen LogP contribution in [-0.4, -0.2) is 87.1 Å². The average molecular weight is 920 g/mol. The van der Waals surface area contributed by atoms with Crippen molar-refractivity contribution in [2.75, 3.05) is 42.7 Å². The van der Waals surface area contributed by atoms with Crippen molar-refractivity contribution in [2.24, 2.45) is 0 Å². The van der Waals surface area contributed by atoms with Crippen molar-refractivity contribution in [1.82, 2.24) is 20.2 Å². The van der Waals surface area contributed by atoms with Crippen molar-refractivity contribution < 1.29 is 41.4 Å². The number of hydrogen-bond donors (Lipinski definition) is 5. The first kappa shape index (κ1) is 45.3. The Labute approximate surface area is 368 Å². The number of pyridine rings is 2. The number of phenols is 1. The Morgan fingerprint density at radius 2 is 1.15 bits per heavy atom. The van der Waals surface area contributed by atoms with Crippen LogP contribution in [0.2, 0.25) is 10.0 Å². The Balaban J connectivity index is 0.000000191. The molecule has 0 radical (unpaired) electrons. The molecule has 0 bridgehead atoms. The van der Waals surface area contributed by atoms with Crippen LogP contribution in [0.3, 0.4) is 0 Å². The highest BCUT2D eigenvalue weighted by molar-refractivity contribution is 7.93. The number of aromatic carboxylic acids is 1. The number of ether oxygens (including phenoxy) is 1. The Bertz CT molecular complexity index is 2790. The van der Waals surface area contributed by atoms with Gasteiger partial charge in [-0.15, -0.1) is 0 Å². The second-order valence-corrected chi connectivity index (χ2v) is 17.8. The average Bonchev–Trinajstić information content (AvgIpc) is 3.21. The van der Waals surface area contributed by atoms with E-state index < -0.39 is 36.7 Å². The number of methoxy groups -OCH3 is 1. The molecule has 15 nitrogen and oxygen atoms in total. The smallest absolute Gasteiger partial charge is 0.335 e. The van der Waals surface area contributed by atoms with Crippen LogP contribution in [0.25, 0.3) is 22.3 Å². The minimum Gasteiger partial charge on any atom is -0.505 e. The number of rotatable bonds is 11. The molecule has 62 heavy (non-hydrogen) atoms. The summed E-state index contributed by atoms with van der Waals surface area (Å²) in [6, 6.07) is 30.0. The number of aromatic hydroxyl groups is 1. The van der Waals surface area contributed by atoms with Gasteiger partial charge in [0.05, 0.1) is 22.7 Å². The zero-order chi connectivity index (χ0) is 44.4. The molecule has 2 aliphatic rings. The molecule has 2 aliphatic heterocycles. The highest BCUT2D eigenvalue weighted by atomic mass is 35.5. The Kier molecular flexibility index (Phi) is 14.7. The van der Waals surface area contributed by atoms with E-state index in [9.17, 15) is 31.5 Å². The number of halogens is 2. The van der Waals surface area contributed by atoms with Gasteiger partial charge in [0.25, 0.3) is 26.0 Å². The van der Waals surface area contributed by atoms with Crippen molar-refractivity contribution in [1.29, 1.82) is 0 Å². The lowest BCUT2D eigenvalue weighted by molar-refractivity contribution is 0.0650. The molecule has 5 N–H and O–H groups in total. The van der Waals surface area contributed by atoms with E-state index in [0.29, 0.717) is 13.1 Å². The number of hydrogen-bond acceptors (Lipinski definition) is 11. The van der Waals surface area contributed by atoms with Gasteiger partial charge in [-0.25, -0.2) is 31.6 Å².